The van der Waals surface area contributed by atoms with Gasteiger partial charge in [-0.2, -0.15) is 0 Å². The van der Waals surface area contributed by atoms with Crippen LogP contribution in [0.1, 0.15) is 0 Å². The number of fused-ring (bicyclic) bond motifs is 8. The van der Waals surface area contributed by atoms with E-state index in [1.807, 2.05) is 54.6 Å². The molecule has 10 rings (SSSR count). The molecule has 4 nitrogen and oxygen atoms in total. The first kappa shape index (κ1) is 27.5. The Labute approximate surface area is 282 Å². The molecule has 49 heavy (non-hydrogen) atoms. The Morgan fingerprint density at radius 1 is 0.327 bits per heavy atom. The zero-order valence-corrected chi connectivity index (χ0v) is 26.3. The molecule has 2 heterocycles. The van der Waals surface area contributed by atoms with Crippen molar-refractivity contribution in [1.82, 2.24) is 15.0 Å². The lowest BCUT2D eigenvalue weighted by Crippen LogP contribution is -2.01. The minimum absolute atomic E-state index is 0.599. The topological polar surface area (TPSA) is 51.8 Å². The van der Waals surface area contributed by atoms with E-state index in [1.54, 1.807) is 0 Å². The zero-order valence-electron chi connectivity index (χ0n) is 26.3. The van der Waals surface area contributed by atoms with E-state index in [2.05, 4.69) is 109 Å². The normalized spacial score (nSPS) is 11.7. The molecular weight excluding hydrogens is 599 g/mol. The summed E-state index contributed by atoms with van der Waals surface area (Å²) in [6, 6.07) is 56.8. The van der Waals surface area contributed by atoms with E-state index in [0.29, 0.717) is 17.5 Å². The first-order chi connectivity index (χ1) is 24.3. The molecule has 4 heteroatoms. The van der Waals surface area contributed by atoms with Gasteiger partial charge < -0.3 is 4.42 Å². The summed E-state index contributed by atoms with van der Waals surface area (Å²) in [5.41, 5.74) is 6.54. The smallest absolute Gasteiger partial charge is 0.164 e. The van der Waals surface area contributed by atoms with Gasteiger partial charge in [0, 0.05) is 27.5 Å². The number of benzene rings is 8. The molecular formula is C45H27N3O. The minimum atomic E-state index is 0.599. The summed E-state index contributed by atoms with van der Waals surface area (Å²) in [6.07, 6.45) is 0. The van der Waals surface area contributed by atoms with Crippen LogP contribution in [0.3, 0.4) is 0 Å². The fourth-order valence-corrected chi connectivity index (χ4v) is 7.21. The molecule has 2 aromatic heterocycles. The van der Waals surface area contributed by atoms with Crippen molar-refractivity contribution in [2.75, 3.05) is 0 Å². The molecule has 0 aliphatic heterocycles. The van der Waals surface area contributed by atoms with Crippen molar-refractivity contribution < 1.29 is 4.42 Å². The maximum Gasteiger partial charge on any atom is 0.164 e. The summed E-state index contributed by atoms with van der Waals surface area (Å²) < 4.78 is 6.46. The van der Waals surface area contributed by atoms with Crippen LogP contribution in [0, 0.1) is 0 Å². The Kier molecular flexibility index (Phi) is 6.15. The fraction of sp³-hybridized carbons (Fsp3) is 0. The summed E-state index contributed by atoms with van der Waals surface area (Å²) in [5, 5.41) is 9.19. The van der Waals surface area contributed by atoms with Crippen LogP contribution in [-0.2, 0) is 0 Å². The molecule has 0 saturated heterocycles. The van der Waals surface area contributed by atoms with Gasteiger partial charge in [-0.05, 0) is 61.6 Å². The Balaban J connectivity index is 1.27. The first-order valence-electron chi connectivity index (χ1n) is 16.4. The lowest BCUT2D eigenvalue weighted by Gasteiger charge is -2.13. The number of para-hydroxylation sites is 1. The Bertz CT molecular complexity index is 2880. The van der Waals surface area contributed by atoms with Crippen molar-refractivity contribution in [1.29, 1.82) is 0 Å². The van der Waals surface area contributed by atoms with Crippen LogP contribution in [0.4, 0.5) is 0 Å². The van der Waals surface area contributed by atoms with E-state index in [4.69, 9.17) is 19.4 Å². The molecule has 228 valence electrons. The van der Waals surface area contributed by atoms with Crippen LogP contribution in [-0.4, -0.2) is 15.0 Å². The van der Waals surface area contributed by atoms with Gasteiger partial charge in [-0.1, -0.05) is 146 Å². The third-order valence-corrected chi connectivity index (χ3v) is 9.52. The second-order valence-corrected chi connectivity index (χ2v) is 12.4. The van der Waals surface area contributed by atoms with E-state index >= 15 is 0 Å². The molecule has 10 aromatic rings. The highest BCUT2D eigenvalue weighted by Crippen LogP contribution is 2.41. The number of rotatable bonds is 4. The Morgan fingerprint density at radius 3 is 1.76 bits per heavy atom. The van der Waals surface area contributed by atoms with E-state index in [9.17, 15) is 0 Å². The third-order valence-electron chi connectivity index (χ3n) is 9.52. The molecule has 0 unspecified atom stereocenters. The molecule has 0 aliphatic carbocycles. The number of hydrogen-bond acceptors (Lipinski definition) is 4. The van der Waals surface area contributed by atoms with Crippen LogP contribution in [0.5, 0.6) is 0 Å². The summed E-state index contributed by atoms with van der Waals surface area (Å²) in [6.45, 7) is 0. The molecule has 0 spiro atoms. The molecule has 0 radical (unpaired) electrons. The number of nitrogens with zero attached hydrogens (tertiary/aromatic N) is 3. The van der Waals surface area contributed by atoms with Gasteiger partial charge in [-0.25, -0.2) is 15.0 Å². The van der Waals surface area contributed by atoms with Crippen molar-refractivity contribution in [3.63, 3.8) is 0 Å². The van der Waals surface area contributed by atoms with E-state index in [-0.39, 0.29) is 0 Å². The van der Waals surface area contributed by atoms with Crippen LogP contribution in [0.15, 0.2) is 168 Å². The van der Waals surface area contributed by atoms with E-state index < -0.39 is 0 Å². The number of aromatic nitrogens is 3. The summed E-state index contributed by atoms with van der Waals surface area (Å²) in [4.78, 5) is 15.6. The maximum atomic E-state index is 6.46. The summed E-state index contributed by atoms with van der Waals surface area (Å²) in [5.74, 6) is 1.85. The van der Waals surface area contributed by atoms with Crippen LogP contribution < -0.4 is 0 Å². The molecule has 8 aromatic carbocycles. The predicted octanol–water partition coefficient (Wildman–Crippen LogP) is 11.9. The van der Waals surface area contributed by atoms with Gasteiger partial charge in [0.15, 0.2) is 17.5 Å². The van der Waals surface area contributed by atoms with Crippen molar-refractivity contribution in [3.8, 4) is 45.3 Å². The Hall–Kier alpha value is -6.65. The first-order valence-corrected chi connectivity index (χ1v) is 16.4. The SMILES string of the molecule is c1ccc(-c2cc(-c3nc(-c4ccccc4)nc(-c4cccc5c4ccc4c6ccccc6ccc54)n3)c3c(c2)oc2ccccc23)cc1. The van der Waals surface area contributed by atoms with Gasteiger partial charge in [0.2, 0.25) is 0 Å². The van der Waals surface area contributed by atoms with Crippen molar-refractivity contribution in [2.45, 2.75) is 0 Å². The van der Waals surface area contributed by atoms with Crippen molar-refractivity contribution in [2.24, 2.45) is 0 Å². The molecule has 0 atom stereocenters. The standard InChI is InChI=1S/C45H27N3O/c1-3-12-28(13-4-1)31-26-39(42-38-18-9-10-21-40(38)49-41(42)27-31)45-47-43(30-15-5-2-6-16-30)46-44(48-45)37-20-11-19-33-35-23-22-29-14-7-8-17-32(29)34(35)24-25-36(33)37/h1-27H. The monoisotopic (exact) mass is 625 g/mol. The molecule has 0 fully saturated rings. The molecule has 0 aliphatic rings. The summed E-state index contributed by atoms with van der Waals surface area (Å²) >= 11 is 0. The number of furan rings is 1. The average Bonchev–Trinajstić information content (AvgIpc) is 3.56. The van der Waals surface area contributed by atoms with Crippen LogP contribution in [0.2, 0.25) is 0 Å². The molecule has 0 amide bonds. The van der Waals surface area contributed by atoms with Gasteiger partial charge in [-0.3, -0.25) is 0 Å². The van der Waals surface area contributed by atoms with E-state index in [0.717, 1.165) is 55.1 Å². The fourth-order valence-electron chi connectivity index (χ4n) is 7.21. The average molecular weight is 626 g/mol. The highest BCUT2D eigenvalue weighted by molar-refractivity contribution is 6.19. The van der Waals surface area contributed by atoms with Crippen LogP contribution in [0.25, 0.3) is 99.5 Å². The predicted molar refractivity (Wildman–Crippen MR) is 201 cm³/mol. The van der Waals surface area contributed by atoms with E-state index in [1.165, 1.54) is 26.9 Å². The van der Waals surface area contributed by atoms with Gasteiger partial charge in [0.05, 0.1) is 0 Å². The maximum absolute atomic E-state index is 6.46. The molecule has 0 N–H and O–H groups in total. The van der Waals surface area contributed by atoms with Gasteiger partial charge in [-0.15, -0.1) is 0 Å². The quantitative estimate of drug-likeness (QED) is 0.183. The number of hydrogen-bond donors (Lipinski definition) is 0. The second kappa shape index (κ2) is 11.0. The van der Waals surface area contributed by atoms with Gasteiger partial charge >= 0.3 is 0 Å². The molecule has 0 bridgehead atoms. The van der Waals surface area contributed by atoms with Gasteiger partial charge in [0.1, 0.15) is 11.2 Å². The Morgan fingerprint density at radius 2 is 0.918 bits per heavy atom. The summed E-state index contributed by atoms with van der Waals surface area (Å²) in [7, 11) is 0. The molecule has 0 saturated carbocycles. The third kappa shape index (κ3) is 4.49. The highest BCUT2D eigenvalue weighted by atomic mass is 16.3. The largest absolute Gasteiger partial charge is 0.456 e. The zero-order chi connectivity index (χ0) is 32.3. The lowest BCUT2D eigenvalue weighted by molar-refractivity contribution is 0.669. The second-order valence-electron chi connectivity index (χ2n) is 12.4. The van der Waals surface area contributed by atoms with Crippen molar-refractivity contribution >= 4 is 54.3 Å². The lowest BCUT2D eigenvalue weighted by atomic mass is 9.94. The van der Waals surface area contributed by atoms with Crippen LogP contribution >= 0.6 is 0 Å². The van der Waals surface area contributed by atoms with Gasteiger partial charge in [0.25, 0.3) is 0 Å². The minimum Gasteiger partial charge on any atom is -0.456 e. The highest BCUT2D eigenvalue weighted by Gasteiger charge is 2.20. The van der Waals surface area contributed by atoms with Crippen molar-refractivity contribution in [3.05, 3.63) is 164 Å².